The smallest absolute Gasteiger partial charge is 0.226 e. The van der Waals surface area contributed by atoms with Gasteiger partial charge in [-0.2, -0.15) is 0 Å². The number of carbonyl (C=O) groups excluding carboxylic acids is 1. The molecule has 2 heterocycles. The van der Waals surface area contributed by atoms with Crippen molar-refractivity contribution in [1.29, 1.82) is 0 Å². The number of carbonyl (C=O) groups is 1. The zero-order valence-electron chi connectivity index (χ0n) is 14.5. The molecule has 1 aliphatic rings. The summed E-state index contributed by atoms with van der Waals surface area (Å²) < 4.78 is 6.21. The lowest BCUT2D eigenvalue weighted by Gasteiger charge is -2.27. The molecule has 1 fully saturated rings. The molecule has 0 aliphatic carbocycles. The highest BCUT2D eigenvalue weighted by Gasteiger charge is 2.41. The minimum atomic E-state index is -0.120. The van der Waals surface area contributed by atoms with Crippen molar-refractivity contribution >= 4 is 17.2 Å². The van der Waals surface area contributed by atoms with Gasteiger partial charge in [0.1, 0.15) is 0 Å². The maximum Gasteiger partial charge on any atom is 0.226 e. The molecule has 4 heteroatoms. The second-order valence-corrected chi connectivity index (χ2v) is 7.49. The van der Waals surface area contributed by atoms with Crippen LogP contribution in [0.3, 0.4) is 0 Å². The van der Waals surface area contributed by atoms with Gasteiger partial charge in [0.15, 0.2) is 0 Å². The Morgan fingerprint density at radius 2 is 1.62 bits per heavy atom. The van der Waals surface area contributed by atoms with Crippen molar-refractivity contribution in [1.82, 2.24) is 4.90 Å². The van der Waals surface area contributed by atoms with Gasteiger partial charge in [-0.15, -0.1) is 11.3 Å². The van der Waals surface area contributed by atoms with Gasteiger partial charge in [0.05, 0.1) is 25.2 Å². The average Bonchev–Trinajstić information content (AvgIpc) is 3.30. The molecule has 1 saturated heterocycles. The summed E-state index contributed by atoms with van der Waals surface area (Å²) in [7, 11) is 0. The summed E-state index contributed by atoms with van der Waals surface area (Å²) >= 11 is 1.69. The third-order valence-electron chi connectivity index (χ3n) is 4.72. The molecule has 0 bridgehead atoms. The molecule has 4 rings (SSSR count). The van der Waals surface area contributed by atoms with E-state index in [9.17, 15) is 4.79 Å². The van der Waals surface area contributed by atoms with Gasteiger partial charge in [0.2, 0.25) is 5.91 Å². The molecule has 2 aromatic carbocycles. The summed E-state index contributed by atoms with van der Waals surface area (Å²) in [4.78, 5) is 15.9. The Labute approximate surface area is 157 Å². The Morgan fingerprint density at radius 3 is 2.27 bits per heavy atom. The molecule has 0 radical (unpaired) electrons. The molecule has 0 unspecified atom stereocenters. The van der Waals surface area contributed by atoms with E-state index in [4.69, 9.17) is 4.74 Å². The number of hydrogen-bond donors (Lipinski definition) is 0. The predicted molar refractivity (Wildman–Crippen MR) is 104 cm³/mol. The van der Waals surface area contributed by atoms with Gasteiger partial charge >= 0.3 is 0 Å². The predicted octanol–water partition coefficient (Wildman–Crippen LogP) is 4.81. The van der Waals surface area contributed by atoms with E-state index in [1.165, 1.54) is 4.88 Å². The van der Waals surface area contributed by atoms with E-state index in [-0.39, 0.29) is 18.1 Å². The molecule has 0 N–H and O–H groups in total. The molecule has 3 aromatic rings. The number of amides is 1. The van der Waals surface area contributed by atoms with Crippen LogP contribution in [0, 0.1) is 0 Å². The number of hydrogen-bond acceptors (Lipinski definition) is 3. The quantitative estimate of drug-likeness (QED) is 0.629. The number of benzene rings is 2. The molecule has 1 aliphatic heterocycles. The van der Waals surface area contributed by atoms with Gasteiger partial charge in [0.25, 0.3) is 0 Å². The van der Waals surface area contributed by atoms with Crippen LogP contribution in [0.25, 0.3) is 0 Å². The summed E-state index contributed by atoms with van der Waals surface area (Å²) in [6.07, 6.45) is 0.312. The molecule has 26 heavy (non-hydrogen) atoms. The highest BCUT2D eigenvalue weighted by Crippen LogP contribution is 2.38. The first kappa shape index (κ1) is 17.0. The number of likely N-dealkylation sites (tertiary alicyclic amines) is 1. The number of rotatable bonds is 6. The van der Waals surface area contributed by atoms with Crippen LogP contribution >= 0.6 is 11.3 Å². The highest BCUT2D eigenvalue weighted by atomic mass is 32.1. The van der Waals surface area contributed by atoms with Crippen LogP contribution < -0.4 is 0 Å². The minimum Gasteiger partial charge on any atom is -0.370 e. The lowest BCUT2D eigenvalue weighted by atomic mass is 10.1. The van der Waals surface area contributed by atoms with Crippen LogP contribution in [-0.2, 0) is 22.7 Å². The van der Waals surface area contributed by atoms with Crippen LogP contribution in [0.1, 0.15) is 28.5 Å². The second-order valence-electron chi connectivity index (χ2n) is 6.51. The van der Waals surface area contributed by atoms with Crippen molar-refractivity contribution in [2.24, 2.45) is 0 Å². The van der Waals surface area contributed by atoms with Crippen LogP contribution in [0.5, 0.6) is 0 Å². The van der Waals surface area contributed by atoms with E-state index in [0.717, 1.165) is 11.1 Å². The van der Waals surface area contributed by atoms with Crippen LogP contribution in [-0.4, -0.2) is 16.9 Å². The van der Waals surface area contributed by atoms with Gasteiger partial charge < -0.3 is 9.64 Å². The van der Waals surface area contributed by atoms with Gasteiger partial charge in [-0.25, -0.2) is 0 Å². The zero-order chi connectivity index (χ0) is 17.8. The Hall–Kier alpha value is -2.43. The Bertz CT molecular complexity index is 833. The van der Waals surface area contributed by atoms with Crippen molar-refractivity contribution in [2.75, 3.05) is 0 Å². The fourth-order valence-corrected chi connectivity index (χ4v) is 4.34. The fraction of sp³-hybridized carbons (Fsp3) is 0.227. The molecule has 132 valence electrons. The van der Waals surface area contributed by atoms with E-state index in [1.54, 1.807) is 11.3 Å². The first-order valence-electron chi connectivity index (χ1n) is 8.83. The maximum atomic E-state index is 12.8. The van der Waals surface area contributed by atoms with Crippen LogP contribution in [0.2, 0.25) is 0 Å². The molecular formula is C22H21NO2S. The SMILES string of the molecule is O=C1C[C@H](OCc2ccccc2)[C@H](c2cccs2)N1Cc1ccccc1. The molecule has 2 atom stereocenters. The first-order valence-corrected chi connectivity index (χ1v) is 9.71. The van der Waals surface area contributed by atoms with Gasteiger partial charge in [0, 0.05) is 11.4 Å². The van der Waals surface area contributed by atoms with Crippen LogP contribution in [0.15, 0.2) is 78.2 Å². The fourth-order valence-electron chi connectivity index (χ4n) is 3.45. The molecule has 1 aromatic heterocycles. The zero-order valence-corrected chi connectivity index (χ0v) is 15.3. The summed E-state index contributed by atoms with van der Waals surface area (Å²) in [5, 5.41) is 2.06. The summed E-state index contributed by atoms with van der Waals surface area (Å²) in [5.41, 5.74) is 2.28. The summed E-state index contributed by atoms with van der Waals surface area (Å²) in [6.45, 7) is 1.15. The standard InChI is InChI=1S/C22H21NO2S/c24-21-14-19(25-16-18-10-5-2-6-11-18)22(20-12-7-13-26-20)23(21)15-17-8-3-1-4-9-17/h1-13,19,22H,14-16H2/t19-,22+/m0/s1. The van der Waals surface area contributed by atoms with Crippen molar-refractivity contribution < 1.29 is 9.53 Å². The molecular weight excluding hydrogens is 342 g/mol. The third kappa shape index (κ3) is 3.71. The van der Waals surface area contributed by atoms with Gasteiger partial charge in [-0.1, -0.05) is 66.7 Å². The van der Waals surface area contributed by atoms with Gasteiger partial charge in [-0.3, -0.25) is 4.79 Å². The van der Waals surface area contributed by atoms with Crippen molar-refractivity contribution in [3.8, 4) is 0 Å². The van der Waals surface area contributed by atoms with Gasteiger partial charge in [-0.05, 0) is 22.6 Å². The molecule has 0 saturated carbocycles. The summed E-state index contributed by atoms with van der Waals surface area (Å²) in [5.74, 6) is 0.158. The number of ether oxygens (including phenoxy) is 1. The third-order valence-corrected chi connectivity index (χ3v) is 5.66. The van der Waals surface area contributed by atoms with E-state index < -0.39 is 0 Å². The van der Waals surface area contributed by atoms with E-state index in [1.807, 2.05) is 47.4 Å². The lowest BCUT2D eigenvalue weighted by molar-refractivity contribution is -0.129. The summed E-state index contributed by atoms with van der Waals surface area (Å²) in [6, 6.07) is 24.4. The van der Waals surface area contributed by atoms with E-state index in [0.29, 0.717) is 19.6 Å². The van der Waals surface area contributed by atoms with Crippen LogP contribution in [0.4, 0.5) is 0 Å². The van der Waals surface area contributed by atoms with Crippen molar-refractivity contribution in [3.63, 3.8) is 0 Å². The average molecular weight is 363 g/mol. The number of nitrogens with zero attached hydrogens (tertiary/aromatic N) is 1. The topological polar surface area (TPSA) is 29.5 Å². The van der Waals surface area contributed by atoms with E-state index >= 15 is 0 Å². The van der Waals surface area contributed by atoms with Crippen molar-refractivity contribution in [2.45, 2.75) is 31.7 Å². The van der Waals surface area contributed by atoms with Crippen molar-refractivity contribution in [3.05, 3.63) is 94.2 Å². The first-order chi connectivity index (χ1) is 12.8. The molecule has 1 amide bonds. The normalized spacial score (nSPS) is 19.8. The maximum absolute atomic E-state index is 12.8. The number of thiophene rings is 1. The lowest BCUT2D eigenvalue weighted by Crippen LogP contribution is -2.30. The Balaban J connectivity index is 1.55. The largest absolute Gasteiger partial charge is 0.370 e. The monoisotopic (exact) mass is 363 g/mol. The Kier molecular flexibility index (Phi) is 5.14. The Morgan fingerprint density at radius 1 is 0.923 bits per heavy atom. The molecule has 0 spiro atoms. The highest BCUT2D eigenvalue weighted by molar-refractivity contribution is 7.10. The van der Waals surface area contributed by atoms with E-state index in [2.05, 4.69) is 35.7 Å². The minimum absolute atomic E-state index is 0.0218. The molecule has 3 nitrogen and oxygen atoms in total. The second kappa shape index (κ2) is 7.85.